The summed E-state index contributed by atoms with van der Waals surface area (Å²) in [4.78, 5) is 0. The van der Waals surface area contributed by atoms with Gasteiger partial charge in [0.15, 0.2) is 30.0 Å². The first kappa shape index (κ1) is 24.0. The van der Waals surface area contributed by atoms with Crippen LogP contribution in [0.3, 0.4) is 0 Å². The van der Waals surface area contributed by atoms with Crippen molar-refractivity contribution in [3.8, 4) is 5.75 Å². The lowest BCUT2D eigenvalue weighted by Gasteiger charge is -2.32. The molecule has 2 aliphatic rings. The van der Waals surface area contributed by atoms with Crippen LogP contribution < -0.4 is 4.74 Å². The molecule has 1 aromatic rings. The van der Waals surface area contributed by atoms with Crippen LogP contribution in [0.25, 0.3) is 0 Å². The second kappa shape index (κ2) is 11.8. The van der Waals surface area contributed by atoms with Crippen LogP contribution in [0.15, 0.2) is 24.3 Å². The average Bonchev–Trinajstić information content (AvgIpc) is 2.76. The molecule has 0 saturated carbocycles. The molecule has 0 bridgehead atoms. The standard InChI is InChI=1S/C22H28F4O5/c1-2-3-4-5-14-10-27-19(28-11-14)7-6-15-12-29-21(30-13-15)16-8-17(23)20(18(24)9-16)31-22(25)26/h4-5,8-9,14-15,19,21-22H,2-3,6-7,10-13H2,1H3. The Morgan fingerprint density at radius 3 is 2.23 bits per heavy atom. The molecule has 2 fully saturated rings. The third-order valence-corrected chi connectivity index (χ3v) is 5.13. The summed E-state index contributed by atoms with van der Waals surface area (Å²) >= 11 is 0. The van der Waals surface area contributed by atoms with Gasteiger partial charge in [0.25, 0.3) is 0 Å². The van der Waals surface area contributed by atoms with E-state index in [-0.39, 0.29) is 23.7 Å². The molecule has 0 atom stereocenters. The number of hydrogen-bond acceptors (Lipinski definition) is 5. The first-order valence-corrected chi connectivity index (χ1v) is 10.5. The van der Waals surface area contributed by atoms with Gasteiger partial charge in [-0.15, -0.1) is 0 Å². The summed E-state index contributed by atoms with van der Waals surface area (Å²) in [5, 5.41) is 0. The van der Waals surface area contributed by atoms with Gasteiger partial charge in [-0.05, 0) is 31.4 Å². The van der Waals surface area contributed by atoms with Gasteiger partial charge in [0.2, 0.25) is 0 Å². The van der Waals surface area contributed by atoms with Gasteiger partial charge in [-0.2, -0.15) is 8.78 Å². The number of allylic oxidation sites excluding steroid dienone is 1. The van der Waals surface area contributed by atoms with Crippen LogP contribution in [-0.2, 0) is 18.9 Å². The minimum absolute atomic E-state index is 0.0659. The zero-order valence-corrected chi connectivity index (χ0v) is 17.4. The lowest BCUT2D eigenvalue weighted by molar-refractivity contribution is -0.217. The summed E-state index contributed by atoms with van der Waals surface area (Å²) in [6.45, 7) is 0.738. The molecule has 2 saturated heterocycles. The van der Waals surface area contributed by atoms with Crippen molar-refractivity contribution in [1.82, 2.24) is 0 Å². The number of unbranched alkanes of at least 4 members (excludes halogenated alkanes) is 1. The molecule has 1 aromatic carbocycles. The zero-order valence-electron chi connectivity index (χ0n) is 17.4. The fourth-order valence-electron chi connectivity index (χ4n) is 3.48. The smallest absolute Gasteiger partial charge is 0.387 e. The van der Waals surface area contributed by atoms with Gasteiger partial charge in [-0.25, -0.2) is 8.78 Å². The van der Waals surface area contributed by atoms with Crippen molar-refractivity contribution in [2.75, 3.05) is 26.4 Å². The first-order chi connectivity index (χ1) is 15.0. The molecule has 0 amide bonds. The van der Waals surface area contributed by atoms with Gasteiger partial charge in [0.05, 0.1) is 26.4 Å². The number of hydrogen-bond donors (Lipinski definition) is 0. The predicted octanol–water partition coefficient (Wildman–Crippen LogP) is 5.35. The maximum atomic E-state index is 13.9. The summed E-state index contributed by atoms with van der Waals surface area (Å²) in [7, 11) is 0. The number of rotatable bonds is 9. The molecule has 3 rings (SSSR count). The molecular weight excluding hydrogens is 420 g/mol. The Kier molecular flexibility index (Phi) is 9.13. The molecule has 5 nitrogen and oxygen atoms in total. The molecule has 0 radical (unpaired) electrons. The highest BCUT2D eigenvalue weighted by Crippen LogP contribution is 2.32. The van der Waals surface area contributed by atoms with E-state index in [4.69, 9.17) is 18.9 Å². The van der Waals surface area contributed by atoms with E-state index in [1.165, 1.54) is 0 Å². The van der Waals surface area contributed by atoms with E-state index in [0.29, 0.717) is 32.8 Å². The highest BCUT2D eigenvalue weighted by Gasteiger charge is 2.28. The molecule has 0 N–H and O–H groups in total. The van der Waals surface area contributed by atoms with Crippen molar-refractivity contribution in [3.05, 3.63) is 41.5 Å². The van der Waals surface area contributed by atoms with E-state index in [1.807, 2.05) is 0 Å². The first-order valence-electron chi connectivity index (χ1n) is 10.5. The van der Waals surface area contributed by atoms with Gasteiger partial charge in [0, 0.05) is 17.4 Å². The third kappa shape index (κ3) is 7.17. The second-order valence-electron chi connectivity index (χ2n) is 7.71. The van der Waals surface area contributed by atoms with Gasteiger partial charge in [-0.3, -0.25) is 0 Å². The summed E-state index contributed by atoms with van der Waals surface area (Å²) < 4.78 is 78.8. The van der Waals surface area contributed by atoms with Crippen LogP contribution in [0.4, 0.5) is 17.6 Å². The van der Waals surface area contributed by atoms with E-state index in [0.717, 1.165) is 31.4 Å². The largest absolute Gasteiger partial charge is 0.429 e. The molecular formula is C22H28F4O5. The number of ether oxygens (including phenoxy) is 5. The maximum Gasteiger partial charge on any atom is 0.387 e. The highest BCUT2D eigenvalue weighted by molar-refractivity contribution is 5.32. The van der Waals surface area contributed by atoms with Crippen LogP contribution in [0.1, 0.15) is 44.5 Å². The van der Waals surface area contributed by atoms with Crippen molar-refractivity contribution in [2.24, 2.45) is 11.8 Å². The molecule has 31 heavy (non-hydrogen) atoms. The van der Waals surface area contributed by atoms with Crippen molar-refractivity contribution >= 4 is 0 Å². The Bertz CT molecular complexity index is 691. The van der Waals surface area contributed by atoms with E-state index in [9.17, 15) is 17.6 Å². The predicted molar refractivity (Wildman–Crippen MR) is 104 cm³/mol. The van der Waals surface area contributed by atoms with Crippen LogP contribution in [-0.4, -0.2) is 39.3 Å². The van der Waals surface area contributed by atoms with Crippen LogP contribution in [0, 0.1) is 23.5 Å². The minimum Gasteiger partial charge on any atom is -0.429 e. The maximum absolute atomic E-state index is 13.9. The quantitative estimate of drug-likeness (QED) is 0.376. The van der Waals surface area contributed by atoms with Crippen LogP contribution in [0.2, 0.25) is 0 Å². The molecule has 174 valence electrons. The molecule has 0 aliphatic carbocycles. The monoisotopic (exact) mass is 448 g/mol. The van der Waals surface area contributed by atoms with Crippen LogP contribution >= 0.6 is 0 Å². The van der Waals surface area contributed by atoms with Gasteiger partial charge >= 0.3 is 6.61 Å². The van der Waals surface area contributed by atoms with E-state index in [1.54, 1.807) is 0 Å². The van der Waals surface area contributed by atoms with Crippen LogP contribution in [0.5, 0.6) is 5.75 Å². The fourth-order valence-corrected chi connectivity index (χ4v) is 3.48. The summed E-state index contributed by atoms with van der Waals surface area (Å²) in [6.07, 6.45) is 6.66. The number of benzene rings is 1. The molecule has 9 heteroatoms. The Hall–Kier alpha value is -1.68. The van der Waals surface area contributed by atoms with E-state index < -0.39 is 30.3 Å². The number of halogens is 4. The molecule has 0 spiro atoms. The van der Waals surface area contributed by atoms with Crippen molar-refractivity contribution < 1.29 is 41.2 Å². The van der Waals surface area contributed by atoms with Crippen molar-refractivity contribution in [1.29, 1.82) is 0 Å². The van der Waals surface area contributed by atoms with E-state index in [2.05, 4.69) is 23.8 Å². The lowest BCUT2D eigenvalue weighted by atomic mass is 10.0. The zero-order chi connectivity index (χ0) is 22.2. The Balaban J connectivity index is 1.40. The average molecular weight is 448 g/mol. The summed E-state index contributed by atoms with van der Waals surface area (Å²) in [5.41, 5.74) is 0.0659. The SMILES string of the molecule is CCCC=CC1COC(CCC2COC(c3cc(F)c(OC(F)F)c(F)c3)OC2)OC1. The van der Waals surface area contributed by atoms with Gasteiger partial charge < -0.3 is 23.7 Å². The molecule has 0 aromatic heterocycles. The van der Waals surface area contributed by atoms with Crippen molar-refractivity contribution in [3.63, 3.8) is 0 Å². The highest BCUT2D eigenvalue weighted by atomic mass is 19.3. The molecule has 2 heterocycles. The fraction of sp³-hybridized carbons (Fsp3) is 0.636. The lowest BCUT2D eigenvalue weighted by Crippen LogP contribution is -2.33. The Morgan fingerprint density at radius 2 is 1.65 bits per heavy atom. The minimum atomic E-state index is -3.32. The summed E-state index contributed by atoms with van der Waals surface area (Å²) in [6, 6.07) is 1.75. The Labute approximate surface area is 179 Å². The van der Waals surface area contributed by atoms with E-state index >= 15 is 0 Å². The number of alkyl halides is 2. The van der Waals surface area contributed by atoms with Crippen molar-refractivity contribution in [2.45, 2.75) is 51.8 Å². The summed E-state index contributed by atoms with van der Waals surface area (Å²) in [5.74, 6) is -3.23. The Morgan fingerprint density at radius 1 is 1.00 bits per heavy atom. The second-order valence-corrected chi connectivity index (χ2v) is 7.71. The normalized spacial score (nSPS) is 27.2. The molecule has 0 unspecified atom stereocenters. The molecule has 2 aliphatic heterocycles. The van der Waals surface area contributed by atoms with Gasteiger partial charge in [0.1, 0.15) is 0 Å². The third-order valence-electron chi connectivity index (χ3n) is 5.13. The topological polar surface area (TPSA) is 46.2 Å². The van der Waals surface area contributed by atoms with Gasteiger partial charge in [-0.1, -0.05) is 25.5 Å².